The minimum atomic E-state index is 0.400. The van der Waals surface area contributed by atoms with Crippen LogP contribution in [0.4, 0.5) is 5.69 Å². The Kier molecular flexibility index (Phi) is 4.20. The van der Waals surface area contributed by atoms with Crippen LogP contribution in [0.3, 0.4) is 0 Å². The van der Waals surface area contributed by atoms with Gasteiger partial charge < -0.3 is 10.6 Å². The first kappa shape index (κ1) is 17.1. The van der Waals surface area contributed by atoms with Crippen LogP contribution in [0.1, 0.15) is 42.0 Å². The number of benzene rings is 2. The Hall–Kier alpha value is -1.84. The van der Waals surface area contributed by atoms with Gasteiger partial charge in [-0.3, -0.25) is 4.90 Å². The maximum absolute atomic E-state index is 3.97. The number of piperidine rings is 3. The molecule has 2 aromatic rings. The molecule has 3 nitrogen and oxygen atoms in total. The van der Waals surface area contributed by atoms with Crippen LogP contribution < -0.4 is 10.6 Å². The van der Waals surface area contributed by atoms with E-state index in [1.807, 2.05) is 0 Å². The number of hydrogen-bond donors (Lipinski definition) is 2. The largest absolute Gasteiger partial charge is 0.382 e. The first-order valence-electron chi connectivity index (χ1n) is 11.2. The quantitative estimate of drug-likeness (QED) is 0.828. The number of fused-ring (bicyclic) bond motifs is 5. The van der Waals surface area contributed by atoms with Crippen LogP contribution in [0.15, 0.2) is 48.5 Å². The van der Waals surface area contributed by atoms with E-state index in [1.165, 1.54) is 55.6 Å². The summed E-state index contributed by atoms with van der Waals surface area (Å²) < 4.78 is 0. The minimum Gasteiger partial charge on any atom is -0.382 e. The van der Waals surface area contributed by atoms with Crippen molar-refractivity contribution < 1.29 is 0 Å². The van der Waals surface area contributed by atoms with Gasteiger partial charge in [-0.25, -0.2) is 0 Å². The Bertz CT molecular complexity index is 854. The monoisotopic (exact) mass is 372 g/mol. The predicted octanol–water partition coefficient (Wildman–Crippen LogP) is 4.17. The van der Waals surface area contributed by atoms with Crippen LogP contribution in [0.5, 0.6) is 0 Å². The van der Waals surface area contributed by atoms with E-state index in [-0.39, 0.29) is 0 Å². The molecular formula is C25H30N3. The summed E-state index contributed by atoms with van der Waals surface area (Å²) >= 11 is 0. The van der Waals surface area contributed by atoms with Crippen molar-refractivity contribution in [2.45, 2.75) is 44.2 Å². The smallest absolute Gasteiger partial charge is 0.0661 e. The van der Waals surface area contributed by atoms with Gasteiger partial charge >= 0.3 is 0 Å². The Labute approximate surface area is 168 Å². The van der Waals surface area contributed by atoms with Gasteiger partial charge in [-0.15, -0.1) is 0 Å². The normalized spacial score (nSPS) is 34.4. The second-order valence-corrected chi connectivity index (χ2v) is 9.06. The summed E-state index contributed by atoms with van der Waals surface area (Å²) in [6.07, 6.45) is 6.34. The molecule has 5 aliphatic rings. The second-order valence-electron chi connectivity index (χ2n) is 9.06. The summed E-state index contributed by atoms with van der Waals surface area (Å²) in [4.78, 5) is 2.74. The van der Waals surface area contributed by atoms with Crippen LogP contribution in [0.2, 0.25) is 0 Å². The molecule has 2 N–H and O–H groups in total. The molecule has 3 unspecified atom stereocenters. The number of para-hydroxylation sites is 1. The van der Waals surface area contributed by atoms with Crippen molar-refractivity contribution in [2.24, 2.45) is 11.8 Å². The maximum Gasteiger partial charge on any atom is 0.0661 e. The highest BCUT2D eigenvalue weighted by Gasteiger charge is 2.50. The highest BCUT2D eigenvalue weighted by atomic mass is 15.2. The first-order chi connectivity index (χ1) is 13.9. The molecule has 145 valence electrons. The van der Waals surface area contributed by atoms with Crippen molar-refractivity contribution in [2.75, 3.05) is 25.0 Å². The first-order valence-corrected chi connectivity index (χ1v) is 11.2. The number of nitrogens with zero attached hydrogens (tertiary/aromatic N) is 1. The fourth-order valence-electron chi connectivity index (χ4n) is 6.38. The topological polar surface area (TPSA) is 27.3 Å². The fourth-order valence-corrected chi connectivity index (χ4v) is 6.38. The van der Waals surface area contributed by atoms with Gasteiger partial charge in [0.1, 0.15) is 0 Å². The molecule has 1 radical (unpaired) electrons. The van der Waals surface area contributed by atoms with Gasteiger partial charge in [-0.05, 0) is 80.4 Å². The third-order valence-electron chi connectivity index (χ3n) is 7.68. The average molecular weight is 373 g/mol. The van der Waals surface area contributed by atoms with Crippen molar-refractivity contribution in [3.05, 3.63) is 71.3 Å². The lowest BCUT2D eigenvalue weighted by Crippen LogP contribution is -2.59. The van der Waals surface area contributed by atoms with Gasteiger partial charge in [0.15, 0.2) is 0 Å². The fraction of sp³-hybridized carbons (Fsp3) is 0.480. The summed E-state index contributed by atoms with van der Waals surface area (Å²) in [7, 11) is 0. The van der Waals surface area contributed by atoms with Gasteiger partial charge in [0.05, 0.1) is 12.1 Å². The minimum absolute atomic E-state index is 0.400. The number of hydrogen-bond acceptors (Lipinski definition) is 3. The lowest BCUT2D eigenvalue weighted by atomic mass is 9.65. The van der Waals surface area contributed by atoms with Crippen molar-refractivity contribution in [1.29, 1.82) is 0 Å². The molecule has 3 saturated heterocycles. The molecule has 7 rings (SSSR count). The number of aryl methyl sites for hydroxylation is 1. The van der Waals surface area contributed by atoms with E-state index in [0.717, 1.165) is 18.9 Å². The van der Waals surface area contributed by atoms with Crippen LogP contribution in [-0.2, 0) is 12.8 Å². The van der Waals surface area contributed by atoms with Crippen LogP contribution >= 0.6 is 0 Å². The molecule has 2 bridgehead atoms. The standard InChI is InChI=1S/C25H30N3/c1-3-7-20-17(5-1)11-14-26-24(20)25-23(19-12-15-28(25)16-13-19)22-10-9-18-6-2-4-8-21(18)27-22/h1-8,19,22-24,26-27H,9-16H2. The Morgan fingerprint density at radius 2 is 1.61 bits per heavy atom. The summed E-state index contributed by atoms with van der Waals surface area (Å²) in [6, 6.07) is 20.7. The molecule has 0 saturated carbocycles. The zero-order chi connectivity index (χ0) is 18.5. The molecule has 2 aromatic carbocycles. The molecule has 0 aromatic heterocycles. The van der Waals surface area contributed by atoms with E-state index in [9.17, 15) is 0 Å². The van der Waals surface area contributed by atoms with Crippen LogP contribution in [0.25, 0.3) is 0 Å². The molecule has 3 heteroatoms. The summed E-state index contributed by atoms with van der Waals surface area (Å²) in [5.41, 5.74) is 5.92. The zero-order valence-corrected chi connectivity index (χ0v) is 16.5. The molecule has 5 heterocycles. The van der Waals surface area contributed by atoms with E-state index in [0.29, 0.717) is 18.0 Å². The lowest BCUT2D eigenvalue weighted by Gasteiger charge is -2.56. The van der Waals surface area contributed by atoms with E-state index in [4.69, 9.17) is 0 Å². The predicted molar refractivity (Wildman–Crippen MR) is 114 cm³/mol. The molecule has 0 amide bonds. The Morgan fingerprint density at radius 1 is 0.821 bits per heavy atom. The summed E-state index contributed by atoms with van der Waals surface area (Å²) in [5.74, 6) is 1.48. The molecule has 0 spiro atoms. The van der Waals surface area contributed by atoms with Gasteiger partial charge in [0.25, 0.3) is 0 Å². The van der Waals surface area contributed by atoms with E-state index in [2.05, 4.69) is 64.1 Å². The molecule has 3 fully saturated rings. The van der Waals surface area contributed by atoms with Gasteiger partial charge in [-0.1, -0.05) is 42.5 Å². The number of anilines is 1. The van der Waals surface area contributed by atoms with Gasteiger partial charge in [0, 0.05) is 17.6 Å². The summed E-state index contributed by atoms with van der Waals surface area (Å²) in [6.45, 7) is 3.59. The summed E-state index contributed by atoms with van der Waals surface area (Å²) in [5, 5.41) is 7.88. The SMILES string of the molecule is c1ccc2c(c1)CCC(C1[C](C3NCCc4ccccc43)N3CCC1CC3)N2. The van der Waals surface area contributed by atoms with Gasteiger partial charge in [0.2, 0.25) is 0 Å². The Balaban J connectivity index is 1.36. The van der Waals surface area contributed by atoms with E-state index in [1.54, 1.807) is 11.6 Å². The number of rotatable bonds is 2. The molecule has 3 atom stereocenters. The van der Waals surface area contributed by atoms with E-state index >= 15 is 0 Å². The van der Waals surface area contributed by atoms with Crippen LogP contribution in [0, 0.1) is 17.9 Å². The van der Waals surface area contributed by atoms with Crippen molar-refractivity contribution in [3.8, 4) is 0 Å². The molecule has 0 aliphatic carbocycles. The molecule has 28 heavy (non-hydrogen) atoms. The number of nitrogens with one attached hydrogen (secondary N) is 2. The van der Waals surface area contributed by atoms with Crippen molar-refractivity contribution >= 4 is 5.69 Å². The van der Waals surface area contributed by atoms with Crippen molar-refractivity contribution in [3.63, 3.8) is 0 Å². The maximum atomic E-state index is 3.97. The van der Waals surface area contributed by atoms with Gasteiger partial charge in [-0.2, -0.15) is 0 Å². The molecular weight excluding hydrogens is 342 g/mol. The average Bonchev–Trinajstić information content (AvgIpc) is 2.78. The van der Waals surface area contributed by atoms with E-state index < -0.39 is 0 Å². The zero-order valence-electron chi connectivity index (χ0n) is 16.5. The van der Waals surface area contributed by atoms with Crippen molar-refractivity contribution in [1.82, 2.24) is 10.2 Å². The van der Waals surface area contributed by atoms with Crippen LogP contribution in [-0.4, -0.2) is 30.6 Å². The highest BCUT2D eigenvalue weighted by molar-refractivity contribution is 5.54. The second kappa shape index (κ2) is 6.89. The Morgan fingerprint density at radius 3 is 2.50 bits per heavy atom. The highest BCUT2D eigenvalue weighted by Crippen LogP contribution is 2.51. The lowest BCUT2D eigenvalue weighted by molar-refractivity contribution is 0.0259. The third kappa shape index (κ3) is 2.71. The molecule has 5 aliphatic heterocycles. The third-order valence-corrected chi connectivity index (χ3v) is 7.68.